The molecule has 18 heavy (non-hydrogen) atoms. The third kappa shape index (κ3) is 4.25. The lowest BCUT2D eigenvalue weighted by atomic mass is 9.89. The summed E-state index contributed by atoms with van der Waals surface area (Å²) in [5.74, 6) is 0.132. The molecule has 1 amide bonds. The highest BCUT2D eigenvalue weighted by Crippen LogP contribution is 2.21. The molecule has 0 bridgehead atoms. The van der Waals surface area contributed by atoms with Crippen LogP contribution in [0.15, 0.2) is 0 Å². The third-order valence-corrected chi connectivity index (χ3v) is 3.66. The first-order valence-corrected chi connectivity index (χ1v) is 7.30. The summed E-state index contributed by atoms with van der Waals surface area (Å²) in [5.41, 5.74) is 5.59. The molecule has 0 spiro atoms. The Bertz CT molecular complexity index is 242. The van der Waals surface area contributed by atoms with E-state index in [1.807, 2.05) is 4.90 Å². The maximum absolute atomic E-state index is 12.6. The lowest BCUT2D eigenvalue weighted by molar-refractivity contribution is -0.140. The van der Waals surface area contributed by atoms with Gasteiger partial charge in [-0.25, -0.2) is 0 Å². The highest BCUT2D eigenvalue weighted by Gasteiger charge is 2.38. The number of amides is 1. The predicted molar refractivity (Wildman–Crippen MR) is 73.4 cm³/mol. The molecule has 4 nitrogen and oxygen atoms in total. The van der Waals surface area contributed by atoms with Crippen molar-refractivity contribution in [1.82, 2.24) is 4.90 Å². The van der Waals surface area contributed by atoms with Gasteiger partial charge in [-0.3, -0.25) is 4.79 Å². The van der Waals surface area contributed by atoms with Gasteiger partial charge in [0.25, 0.3) is 0 Å². The normalized spacial score (nSPS) is 18.6. The first-order valence-electron chi connectivity index (χ1n) is 7.30. The van der Waals surface area contributed by atoms with Gasteiger partial charge in [-0.15, -0.1) is 0 Å². The van der Waals surface area contributed by atoms with Crippen molar-refractivity contribution in [3.05, 3.63) is 0 Å². The van der Waals surface area contributed by atoms with Crippen LogP contribution >= 0.6 is 0 Å². The van der Waals surface area contributed by atoms with E-state index < -0.39 is 5.54 Å². The Morgan fingerprint density at radius 1 is 1.17 bits per heavy atom. The summed E-state index contributed by atoms with van der Waals surface area (Å²) in [5, 5.41) is 0. The molecule has 0 aromatic rings. The van der Waals surface area contributed by atoms with E-state index in [1.54, 1.807) is 0 Å². The Morgan fingerprint density at radius 2 is 1.67 bits per heavy atom. The van der Waals surface area contributed by atoms with Crippen LogP contribution in [0.1, 0.15) is 52.4 Å². The summed E-state index contributed by atoms with van der Waals surface area (Å²) >= 11 is 0. The standard InChI is InChI=1S/C14H28N2O2/c1-3-5-9-16(10-6-4-2)13(17)14(15)7-11-18-12-8-14/h3-12,15H2,1-2H3. The van der Waals surface area contributed by atoms with Crippen molar-refractivity contribution in [3.8, 4) is 0 Å². The monoisotopic (exact) mass is 256 g/mol. The number of carbonyl (C=O) groups excluding carboxylic acids is 1. The highest BCUT2D eigenvalue weighted by molar-refractivity contribution is 5.86. The van der Waals surface area contributed by atoms with Gasteiger partial charge in [0, 0.05) is 26.3 Å². The van der Waals surface area contributed by atoms with E-state index in [0.717, 1.165) is 38.8 Å². The molecular formula is C14H28N2O2. The van der Waals surface area contributed by atoms with Crippen molar-refractivity contribution in [2.24, 2.45) is 5.73 Å². The van der Waals surface area contributed by atoms with Crippen molar-refractivity contribution in [2.75, 3.05) is 26.3 Å². The highest BCUT2D eigenvalue weighted by atomic mass is 16.5. The third-order valence-electron chi connectivity index (χ3n) is 3.66. The van der Waals surface area contributed by atoms with Crippen LogP contribution in [0.2, 0.25) is 0 Å². The molecule has 0 aromatic heterocycles. The van der Waals surface area contributed by atoms with Crippen LogP contribution in [0.25, 0.3) is 0 Å². The molecule has 0 aromatic carbocycles. The molecule has 4 heteroatoms. The molecule has 1 saturated heterocycles. The average Bonchev–Trinajstić information content (AvgIpc) is 2.39. The largest absolute Gasteiger partial charge is 0.381 e. The molecule has 1 aliphatic heterocycles. The number of nitrogens with two attached hydrogens (primary N) is 1. The van der Waals surface area contributed by atoms with Gasteiger partial charge in [-0.05, 0) is 25.7 Å². The fourth-order valence-corrected chi connectivity index (χ4v) is 2.28. The first-order chi connectivity index (χ1) is 8.64. The summed E-state index contributed by atoms with van der Waals surface area (Å²) < 4.78 is 5.31. The van der Waals surface area contributed by atoms with E-state index in [9.17, 15) is 4.79 Å². The van der Waals surface area contributed by atoms with Crippen molar-refractivity contribution in [3.63, 3.8) is 0 Å². The minimum atomic E-state index is -0.681. The van der Waals surface area contributed by atoms with Gasteiger partial charge in [-0.2, -0.15) is 0 Å². The minimum absolute atomic E-state index is 0.132. The Morgan fingerprint density at radius 3 is 2.11 bits per heavy atom. The maximum atomic E-state index is 12.6. The lowest BCUT2D eigenvalue weighted by Gasteiger charge is -2.37. The molecule has 1 aliphatic rings. The summed E-state index contributed by atoms with van der Waals surface area (Å²) in [7, 11) is 0. The fourth-order valence-electron chi connectivity index (χ4n) is 2.28. The van der Waals surface area contributed by atoms with Gasteiger partial charge in [0.15, 0.2) is 0 Å². The van der Waals surface area contributed by atoms with Crippen LogP contribution in [-0.4, -0.2) is 42.6 Å². The Kier molecular flexibility index (Phi) is 6.65. The Labute approximate surface area is 111 Å². The zero-order valence-electron chi connectivity index (χ0n) is 11.9. The molecule has 0 saturated carbocycles. The van der Waals surface area contributed by atoms with E-state index in [0.29, 0.717) is 26.1 Å². The summed E-state index contributed by atoms with van der Waals surface area (Å²) in [4.78, 5) is 14.5. The molecular weight excluding hydrogens is 228 g/mol. The topological polar surface area (TPSA) is 55.6 Å². The number of carbonyl (C=O) groups is 1. The van der Waals surface area contributed by atoms with Gasteiger partial charge in [0.2, 0.25) is 5.91 Å². The van der Waals surface area contributed by atoms with E-state index in [1.165, 1.54) is 0 Å². The lowest BCUT2D eigenvalue weighted by Crippen LogP contribution is -2.58. The van der Waals surface area contributed by atoms with Crippen molar-refractivity contribution < 1.29 is 9.53 Å². The predicted octanol–water partition coefficient (Wildman–Crippen LogP) is 1.92. The number of rotatable bonds is 7. The smallest absolute Gasteiger partial charge is 0.242 e. The molecule has 0 radical (unpaired) electrons. The van der Waals surface area contributed by atoms with Crippen molar-refractivity contribution in [2.45, 2.75) is 57.9 Å². The zero-order valence-corrected chi connectivity index (χ0v) is 11.9. The minimum Gasteiger partial charge on any atom is -0.381 e. The number of hydrogen-bond donors (Lipinski definition) is 1. The second kappa shape index (κ2) is 7.74. The summed E-state index contributed by atoms with van der Waals surface area (Å²) in [6.45, 7) is 7.20. The molecule has 1 rings (SSSR count). The Hall–Kier alpha value is -0.610. The van der Waals surface area contributed by atoms with Crippen molar-refractivity contribution >= 4 is 5.91 Å². The second-order valence-electron chi connectivity index (χ2n) is 5.27. The molecule has 0 atom stereocenters. The van der Waals surface area contributed by atoms with Crippen LogP contribution in [0.3, 0.4) is 0 Å². The van der Waals surface area contributed by atoms with E-state index in [4.69, 9.17) is 10.5 Å². The molecule has 1 fully saturated rings. The fraction of sp³-hybridized carbons (Fsp3) is 0.929. The van der Waals surface area contributed by atoms with Crippen LogP contribution in [0.5, 0.6) is 0 Å². The van der Waals surface area contributed by atoms with Crippen LogP contribution in [-0.2, 0) is 9.53 Å². The molecule has 2 N–H and O–H groups in total. The van der Waals surface area contributed by atoms with Gasteiger partial charge >= 0.3 is 0 Å². The van der Waals surface area contributed by atoms with Gasteiger partial charge in [-0.1, -0.05) is 26.7 Å². The SMILES string of the molecule is CCCCN(CCCC)C(=O)C1(N)CCOCC1. The van der Waals surface area contributed by atoms with Crippen LogP contribution in [0.4, 0.5) is 0 Å². The van der Waals surface area contributed by atoms with Crippen molar-refractivity contribution in [1.29, 1.82) is 0 Å². The van der Waals surface area contributed by atoms with E-state index >= 15 is 0 Å². The first kappa shape index (κ1) is 15.4. The second-order valence-corrected chi connectivity index (χ2v) is 5.27. The van der Waals surface area contributed by atoms with E-state index in [2.05, 4.69) is 13.8 Å². The number of hydrogen-bond acceptors (Lipinski definition) is 3. The molecule has 106 valence electrons. The van der Waals surface area contributed by atoms with Crippen LogP contribution in [0, 0.1) is 0 Å². The maximum Gasteiger partial charge on any atom is 0.242 e. The average molecular weight is 256 g/mol. The Balaban J connectivity index is 2.60. The molecule has 1 heterocycles. The van der Waals surface area contributed by atoms with E-state index in [-0.39, 0.29) is 5.91 Å². The number of nitrogens with zero attached hydrogens (tertiary/aromatic N) is 1. The van der Waals surface area contributed by atoms with Gasteiger partial charge in [0.1, 0.15) is 0 Å². The van der Waals surface area contributed by atoms with Crippen LogP contribution < -0.4 is 5.73 Å². The van der Waals surface area contributed by atoms with Gasteiger partial charge < -0.3 is 15.4 Å². The number of ether oxygens (including phenoxy) is 1. The van der Waals surface area contributed by atoms with Gasteiger partial charge in [0.05, 0.1) is 5.54 Å². The molecule has 0 aliphatic carbocycles. The zero-order chi connectivity index (χ0) is 13.4. The summed E-state index contributed by atoms with van der Waals surface area (Å²) in [6.07, 6.45) is 5.64. The molecule has 0 unspecified atom stereocenters. The number of unbranched alkanes of at least 4 members (excludes halogenated alkanes) is 2. The quantitative estimate of drug-likeness (QED) is 0.757. The summed E-state index contributed by atoms with van der Waals surface area (Å²) in [6, 6.07) is 0.